The van der Waals surface area contributed by atoms with Gasteiger partial charge in [-0.2, -0.15) is 4.98 Å². The van der Waals surface area contributed by atoms with Crippen LogP contribution in [0.5, 0.6) is 0 Å². The Kier molecular flexibility index (Phi) is 6.15. The van der Waals surface area contributed by atoms with Crippen molar-refractivity contribution in [3.63, 3.8) is 0 Å². The second-order valence-corrected chi connectivity index (χ2v) is 7.64. The third kappa shape index (κ3) is 4.72. The summed E-state index contributed by atoms with van der Waals surface area (Å²) < 4.78 is 18.9. The molecule has 160 valence electrons. The zero-order chi connectivity index (χ0) is 20.9. The van der Waals surface area contributed by atoms with Crippen molar-refractivity contribution >= 4 is 29.2 Å². The van der Waals surface area contributed by atoms with Crippen molar-refractivity contribution in [3.05, 3.63) is 36.3 Å². The topological polar surface area (TPSA) is 82.6 Å². The minimum absolute atomic E-state index is 0.245. The Labute approximate surface area is 175 Å². The molecular formula is C21H27FN6O2. The number of hydrogen-bond acceptors (Lipinski definition) is 7. The smallest absolute Gasteiger partial charge is 0.409 e. The highest BCUT2D eigenvalue weighted by Gasteiger charge is 2.22. The van der Waals surface area contributed by atoms with Crippen LogP contribution in [0.2, 0.25) is 0 Å². The van der Waals surface area contributed by atoms with E-state index >= 15 is 0 Å². The van der Waals surface area contributed by atoms with E-state index in [-0.39, 0.29) is 18.0 Å². The van der Waals surface area contributed by atoms with E-state index in [0.29, 0.717) is 19.0 Å². The third-order valence-electron chi connectivity index (χ3n) is 5.62. The van der Waals surface area contributed by atoms with Gasteiger partial charge >= 0.3 is 6.09 Å². The maximum absolute atomic E-state index is 14.1. The van der Waals surface area contributed by atoms with E-state index in [1.807, 2.05) is 24.3 Å². The summed E-state index contributed by atoms with van der Waals surface area (Å²) in [5.41, 5.74) is 1.86. The molecule has 1 aliphatic heterocycles. The van der Waals surface area contributed by atoms with Crippen molar-refractivity contribution in [1.29, 1.82) is 0 Å². The molecule has 2 heterocycles. The summed E-state index contributed by atoms with van der Waals surface area (Å²) in [6.45, 7) is 2.67. The van der Waals surface area contributed by atoms with Gasteiger partial charge in [0.25, 0.3) is 0 Å². The maximum atomic E-state index is 14.1. The predicted molar refractivity (Wildman–Crippen MR) is 114 cm³/mol. The number of amides is 1. The molecule has 0 bridgehead atoms. The molecule has 0 unspecified atom stereocenters. The minimum atomic E-state index is -0.440. The number of carbonyl (C=O) groups is 1. The Morgan fingerprint density at radius 3 is 2.70 bits per heavy atom. The average Bonchev–Trinajstić information content (AvgIpc) is 3.29. The molecular weight excluding hydrogens is 387 g/mol. The van der Waals surface area contributed by atoms with Crippen molar-refractivity contribution in [2.75, 3.05) is 48.8 Å². The molecule has 2 N–H and O–H groups in total. The standard InChI is InChI=1S/C21H27FN6O2/c1-30-21(29)28-11-9-27(10-12-28)17-8-4-7-16(13-17)25-20-23-14-18(22)19(26-20)24-15-5-2-3-6-15/h4,7-8,13-15H,2-3,5-6,9-12H2,1H3,(H2,23,24,25,26). The molecule has 1 aromatic heterocycles. The van der Waals surface area contributed by atoms with Crippen molar-refractivity contribution in [2.24, 2.45) is 0 Å². The maximum Gasteiger partial charge on any atom is 0.409 e. The second kappa shape index (κ2) is 9.15. The number of hydrogen-bond donors (Lipinski definition) is 2. The first-order chi connectivity index (χ1) is 14.6. The number of ether oxygens (including phenoxy) is 1. The average molecular weight is 414 g/mol. The number of nitrogens with zero attached hydrogens (tertiary/aromatic N) is 4. The Hall–Kier alpha value is -3.10. The lowest BCUT2D eigenvalue weighted by molar-refractivity contribution is 0.121. The zero-order valence-electron chi connectivity index (χ0n) is 17.1. The highest BCUT2D eigenvalue weighted by molar-refractivity contribution is 5.68. The molecule has 0 spiro atoms. The van der Waals surface area contributed by atoms with Crippen molar-refractivity contribution in [3.8, 4) is 0 Å². The number of anilines is 4. The summed E-state index contributed by atoms with van der Waals surface area (Å²) in [5.74, 6) is 0.156. The molecule has 0 atom stereocenters. The van der Waals surface area contributed by atoms with Crippen LogP contribution in [0.1, 0.15) is 25.7 Å². The Bertz CT molecular complexity index is 882. The number of rotatable bonds is 5. The van der Waals surface area contributed by atoms with Crippen LogP contribution in [0.15, 0.2) is 30.5 Å². The number of methoxy groups -OCH3 is 1. The Morgan fingerprint density at radius 1 is 1.20 bits per heavy atom. The molecule has 2 fully saturated rings. The largest absolute Gasteiger partial charge is 0.453 e. The van der Waals surface area contributed by atoms with E-state index < -0.39 is 5.82 Å². The molecule has 1 saturated heterocycles. The van der Waals surface area contributed by atoms with Crippen molar-refractivity contribution in [1.82, 2.24) is 14.9 Å². The van der Waals surface area contributed by atoms with Gasteiger partial charge in [-0.05, 0) is 31.0 Å². The van der Waals surface area contributed by atoms with Crippen molar-refractivity contribution in [2.45, 2.75) is 31.7 Å². The Balaban J connectivity index is 1.41. The SMILES string of the molecule is COC(=O)N1CCN(c2cccc(Nc3ncc(F)c(NC4CCCC4)n3)c2)CC1. The summed E-state index contributed by atoms with van der Waals surface area (Å²) in [7, 11) is 1.40. The fourth-order valence-corrected chi connectivity index (χ4v) is 3.98. The molecule has 1 aromatic carbocycles. The molecule has 1 aliphatic carbocycles. The van der Waals surface area contributed by atoms with Crippen LogP contribution in [0, 0.1) is 5.82 Å². The van der Waals surface area contributed by atoms with Gasteiger partial charge in [0.1, 0.15) is 0 Å². The molecule has 2 aliphatic rings. The first kappa shape index (κ1) is 20.2. The van der Waals surface area contributed by atoms with Gasteiger partial charge in [0.15, 0.2) is 11.6 Å². The second-order valence-electron chi connectivity index (χ2n) is 7.64. The third-order valence-corrected chi connectivity index (χ3v) is 5.62. The summed E-state index contributed by atoms with van der Waals surface area (Å²) in [6.07, 6.45) is 5.31. The monoisotopic (exact) mass is 414 g/mol. The van der Waals surface area contributed by atoms with E-state index in [2.05, 4.69) is 25.5 Å². The van der Waals surface area contributed by atoms with Crippen LogP contribution in [-0.4, -0.2) is 60.3 Å². The van der Waals surface area contributed by atoms with Crippen LogP contribution in [0.3, 0.4) is 0 Å². The summed E-state index contributed by atoms with van der Waals surface area (Å²) in [5, 5.41) is 6.37. The van der Waals surface area contributed by atoms with Gasteiger partial charge in [0, 0.05) is 43.6 Å². The molecule has 0 radical (unpaired) electrons. The van der Waals surface area contributed by atoms with Gasteiger partial charge in [-0.3, -0.25) is 0 Å². The van der Waals surface area contributed by atoms with Gasteiger partial charge in [0.05, 0.1) is 13.3 Å². The quantitative estimate of drug-likeness (QED) is 0.773. The molecule has 1 amide bonds. The van der Waals surface area contributed by atoms with E-state index in [1.165, 1.54) is 13.3 Å². The predicted octanol–water partition coefficient (Wildman–Crippen LogP) is 3.60. The van der Waals surface area contributed by atoms with Gasteiger partial charge < -0.3 is 25.2 Å². The molecule has 9 heteroatoms. The number of aromatic nitrogens is 2. The summed E-state index contributed by atoms with van der Waals surface area (Å²) in [4.78, 5) is 24.0. The van der Waals surface area contributed by atoms with E-state index in [9.17, 15) is 9.18 Å². The molecule has 8 nitrogen and oxygen atoms in total. The minimum Gasteiger partial charge on any atom is -0.453 e. The zero-order valence-corrected chi connectivity index (χ0v) is 17.1. The molecule has 1 saturated carbocycles. The number of carbonyl (C=O) groups excluding carboxylic acids is 1. The Morgan fingerprint density at radius 2 is 1.97 bits per heavy atom. The summed E-state index contributed by atoms with van der Waals surface area (Å²) >= 11 is 0. The lowest BCUT2D eigenvalue weighted by Crippen LogP contribution is -2.48. The summed E-state index contributed by atoms with van der Waals surface area (Å²) in [6, 6.07) is 8.17. The highest BCUT2D eigenvalue weighted by Crippen LogP contribution is 2.25. The highest BCUT2D eigenvalue weighted by atomic mass is 19.1. The van der Waals surface area contributed by atoms with Crippen LogP contribution in [-0.2, 0) is 4.74 Å². The van der Waals surface area contributed by atoms with Crippen LogP contribution in [0.4, 0.5) is 32.3 Å². The first-order valence-corrected chi connectivity index (χ1v) is 10.4. The van der Waals surface area contributed by atoms with Gasteiger partial charge in [-0.15, -0.1) is 0 Å². The van der Waals surface area contributed by atoms with Gasteiger partial charge in [-0.1, -0.05) is 18.9 Å². The number of nitrogens with one attached hydrogen (secondary N) is 2. The molecule has 4 rings (SSSR count). The van der Waals surface area contributed by atoms with Crippen LogP contribution < -0.4 is 15.5 Å². The lowest BCUT2D eigenvalue weighted by Gasteiger charge is -2.35. The van der Waals surface area contributed by atoms with Gasteiger partial charge in [-0.25, -0.2) is 14.2 Å². The molecule has 30 heavy (non-hydrogen) atoms. The number of benzene rings is 1. The first-order valence-electron chi connectivity index (χ1n) is 10.4. The van der Waals surface area contributed by atoms with E-state index in [0.717, 1.165) is 50.1 Å². The normalized spacial score (nSPS) is 17.1. The molecule has 2 aromatic rings. The fourth-order valence-electron chi connectivity index (χ4n) is 3.98. The van der Waals surface area contributed by atoms with Crippen molar-refractivity contribution < 1.29 is 13.9 Å². The number of halogens is 1. The lowest BCUT2D eigenvalue weighted by atomic mass is 10.2. The number of piperazine rings is 1. The van der Waals surface area contributed by atoms with E-state index in [1.54, 1.807) is 4.90 Å². The van der Waals surface area contributed by atoms with Crippen LogP contribution >= 0.6 is 0 Å². The van der Waals surface area contributed by atoms with Crippen LogP contribution in [0.25, 0.3) is 0 Å². The fraction of sp³-hybridized carbons (Fsp3) is 0.476. The van der Waals surface area contributed by atoms with Gasteiger partial charge in [0.2, 0.25) is 5.95 Å². The van der Waals surface area contributed by atoms with E-state index in [4.69, 9.17) is 4.74 Å².